The lowest BCUT2D eigenvalue weighted by atomic mass is 10.0. The van der Waals surface area contributed by atoms with Gasteiger partial charge in [0.25, 0.3) is 5.91 Å². The monoisotopic (exact) mass is 377 g/mol. The van der Waals surface area contributed by atoms with Crippen LogP contribution in [0.3, 0.4) is 0 Å². The van der Waals surface area contributed by atoms with Crippen LogP contribution in [0.1, 0.15) is 11.1 Å². The molecule has 3 aromatic rings. The molecule has 0 unspecified atom stereocenters. The molecule has 0 aliphatic heterocycles. The van der Waals surface area contributed by atoms with Crippen LogP contribution in [0.2, 0.25) is 0 Å². The first-order valence-electron chi connectivity index (χ1n) is 7.62. The van der Waals surface area contributed by atoms with E-state index in [0.29, 0.717) is 5.57 Å². The molecule has 2 nitrogen and oxygen atoms in total. The Hall–Kier alpha value is -2.65. The number of carbonyl (C=O) groups is 1. The van der Waals surface area contributed by atoms with Gasteiger partial charge < -0.3 is 5.32 Å². The maximum Gasteiger partial charge on any atom is 0.256 e. The van der Waals surface area contributed by atoms with Crippen LogP contribution in [0.5, 0.6) is 0 Å². The second-order valence-corrected chi connectivity index (χ2v) is 6.12. The highest BCUT2D eigenvalue weighted by Gasteiger charge is 2.13. The molecule has 0 aliphatic rings. The first-order valence-corrected chi connectivity index (χ1v) is 8.41. The normalized spacial score (nSPS) is 11.1. The van der Waals surface area contributed by atoms with Gasteiger partial charge in [-0.1, -0.05) is 72.8 Å². The first-order chi connectivity index (χ1) is 11.7. The number of benzene rings is 3. The van der Waals surface area contributed by atoms with Gasteiger partial charge in [-0.25, -0.2) is 0 Å². The van der Waals surface area contributed by atoms with E-state index in [2.05, 4.69) is 21.2 Å². The Bertz CT molecular complexity index is 857. The van der Waals surface area contributed by atoms with Crippen molar-refractivity contribution in [1.29, 1.82) is 0 Å². The molecule has 1 N–H and O–H groups in total. The predicted molar refractivity (Wildman–Crippen MR) is 104 cm³/mol. The quantitative estimate of drug-likeness (QED) is 0.463. The molecule has 0 saturated carbocycles. The van der Waals surface area contributed by atoms with Crippen molar-refractivity contribution in [2.45, 2.75) is 0 Å². The lowest BCUT2D eigenvalue weighted by Crippen LogP contribution is -2.14. The van der Waals surface area contributed by atoms with E-state index in [1.54, 1.807) is 0 Å². The molecule has 0 bridgehead atoms. The van der Waals surface area contributed by atoms with Gasteiger partial charge in [0.05, 0.1) is 5.69 Å². The summed E-state index contributed by atoms with van der Waals surface area (Å²) in [6.07, 6.45) is 1.90. The second-order valence-electron chi connectivity index (χ2n) is 5.27. The summed E-state index contributed by atoms with van der Waals surface area (Å²) in [5.41, 5.74) is 3.24. The molecule has 0 aliphatic carbocycles. The molecule has 0 radical (unpaired) electrons. The fourth-order valence-electron chi connectivity index (χ4n) is 2.37. The van der Waals surface area contributed by atoms with E-state index in [0.717, 1.165) is 21.3 Å². The molecule has 24 heavy (non-hydrogen) atoms. The van der Waals surface area contributed by atoms with Crippen LogP contribution in [0.15, 0.2) is 89.4 Å². The molecule has 1 amide bonds. The van der Waals surface area contributed by atoms with Crippen molar-refractivity contribution >= 4 is 39.2 Å². The predicted octanol–water partition coefficient (Wildman–Crippen LogP) is 5.63. The fourth-order valence-corrected chi connectivity index (χ4v) is 2.75. The minimum absolute atomic E-state index is 0.142. The van der Waals surface area contributed by atoms with Crippen molar-refractivity contribution in [3.8, 4) is 0 Å². The summed E-state index contributed by atoms with van der Waals surface area (Å²) < 4.78 is 0.852. The highest BCUT2D eigenvalue weighted by atomic mass is 79.9. The lowest BCUT2D eigenvalue weighted by molar-refractivity contribution is -0.111. The Morgan fingerprint density at radius 2 is 1.38 bits per heavy atom. The smallest absolute Gasteiger partial charge is 0.256 e. The number of nitrogens with one attached hydrogen (secondary N) is 1. The summed E-state index contributed by atoms with van der Waals surface area (Å²) in [5.74, 6) is -0.142. The number of rotatable bonds is 4. The average Bonchev–Trinajstić information content (AvgIpc) is 2.63. The van der Waals surface area contributed by atoms with Gasteiger partial charge in [-0.15, -0.1) is 0 Å². The molecule has 0 spiro atoms. The minimum atomic E-state index is -0.142. The zero-order valence-electron chi connectivity index (χ0n) is 12.9. The van der Waals surface area contributed by atoms with E-state index in [4.69, 9.17) is 0 Å². The van der Waals surface area contributed by atoms with Crippen LogP contribution >= 0.6 is 15.9 Å². The van der Waals surface area contributed by atoms with Crippen molar-refractivity contribution < 1.29 is 4.79 Å². The number of anilines is 1. The minimum Gasteiger partial charge on any atom is -0.321 e. The molecule has 3 rings (SSSR count). The van der Waals surface area contributed by atoms with Crippen LogP contribution in [0.4, 0.5) is 5.69 Å². The van der Waals surface area contributed by atoms with Crippen LogP contribution in [-0.2, 0) is 4.79 Å². The van der Waals surface area contributed by atoms with Crippen molar-refractivity contribution in [1.82, 2.24) is 0 Å². The summed E-state index contributed by atoms with van der Waals surface area (Å²) in [6.45, 7) is 0. The Labute approximate surface area is 150 Å². The van der Waals surface area contributed by atoms with Gasteiger partial charge >= 0.3 is 0 Å². The Kier molecular flexibility index (Phi) is 5.24. The largest absolute Gasteiger partial charge is 0.321 e. The molecule has 0 atom stereocenters. The third-order valence-electron chi connectivity index (χ3n) is 3.56. The number of amides is 1. The second kappa shape index (κ2) is 7.75. The molecule has 3 aromatic carbocycles. The van der Waals surface area contributed by atoms with Crippen LogP contribution in [0, 0.1) is 0 Å². The van der Waals surface area contributed by atoms with Crippen molar-refractivity contribution in [2.75, 3.05) is 5.32 Å². The number of hydrogen-bond acceptors (Lipinski definition) is 1. The van der Waals surface area contributed by atoms with E-state index >= 15 is 0 Å². The number of carbonyl (C=O) groups excluding carboxylic acids is 1. The molecule has 118 valence electrons. The Balaban J connectivity index is 1.97. The molecular weight excluding hydrogens is 362 g/mol. The third kappa shape index (κ3) is 4.00. The fraction of sp³-hybridized carbons (Fsp3) is 0. The summed E-state index contributed by atoms with van der Waals surface area (Å²) in [7, 11) is 0. The molecule has 0 heterocycles. The molecule has 0 fully saturated rings. The standard InChI is InChI=1S/C21H16BrNO/c22-19-13-7-8-14-20(19)23-21(24)18(17-11-5-2-6-12-17)15-16-9-3-1-4-10-16/h1-15H,(H,23,24)/b18-15+. The van der Waals surface area contributed by atoms with Crippen molar-refractivity contribution in [3.05, 3.63) is 101 Å². The van der Waals surface area contributed by atoms with E-state index < -0.39 is 0 Å². The van der Waals surface area contributed by atoms with E-state index in [1.165, 1.54) is 0 Å². The molecule has 3 heteroatoms. The van der Waals surface area contributed by atoms with E-state index in [9.17, 15) is 4.79 Å². The zero-order valence-corrected chi connectivity index (χ0v) is 14.5. The number of para-hydroxylation sites is 1. The summed E-state index contributed by atoms with van der Waals surface area (Å²) in [5, 5.41) is 2.97. The SMILES string of the molecule is O=C(Nc1ccccc1Br)/C(=C/c1ccccc1)c1ccccc1. The van der Waals surface area contributed by atoms with Crippen molar-refractivity contribution in [2.24, 2.45) is 0 Å². The summed E-state index contributed by atoms with van der Waals surface area (Å²) >= 11 is 3.46. The zero-order chi connectivity index (χ0) is 16.8. The van der Waals surface area contributed by atoms with Gasteiger partial charge in [0.15, 0.2) is 0 Å². The van der Waals surface area contributed by atoms with Crippen molar-refractivity contribution in [3.63, 3.8) is 0 Å². The summed E-state index contributed by atoms with van der Waals surface area (Å²) in [4.78, 5) is 12.9. The Morgan fingerprint density at radius 1 is 0.792 bits per heavy atom. The van der Waals surface area contributed by atoms with Gasteiger partial charge in [-0.05, 0) is 45.3 Å². The van der Waals surface area contributed by atoms with Gasteiger partial charge in [0.1, 0.15) is 0 Å². The third-order valence-corrected chi connectivity index (χ3v) is 4.25. The number of hydrogen-bond donors (Lipinski definition) is 1. The highest BCUT2D eigenvalue weighted by Crippen LogP contribution is 2.25. The lowest BCUT2D eigenvalue weighted by Gasteiger charge is -2.11. The van der Waals surface area contributed by atoms with Gasteiger partial charge in [-0.3, -0.25) is 4.79 Å². The Morgan fingerprint density at radius 3 is 2.04 bits per heavy atom. The molecule has 0 saturated heterocycles. The van der Waals surface area contributed by atoms with Crippen LogP contribution < -0.4 is 5.32 Å². The average molecular weight is 378 g/mol. The summed E-state index contributed by atoms with van der Waals surface area (Å²) in [6, 6.07) is 27.1. The first kappa shape index (κ1) is 16.2. The highest BCUT2D eigenvalue weighted by molar-refractivity contribution is 9.10. The van der Waals surface area contributed by atoms with Crippen LogP contribution in [-0.4, -0.2) is 5.91 Å². The van der Waals surface area contributed by atoms with Gasteiger partial charge in [0.2, 0.25) is 0 Å². The van der Waals surface area contributed by atoms with Crippen LogP contribution in [0.25, 0.3) is 11.6 Å². The molecular formula is C21H16BrNO. The maximum atomic E-state index is 12.9. The maximum absolute atomic E-state index is 12.9. The van der Waals surface area contributed by atoms with Gasteiger partial charge in [-0.2, -0.15) is 0 Å². The van der Waals surface area contributed by atoms with E-state index in [1.807, 2.05) is 91.0 Å². The topological polar surface area (TPSA) is 29.1 Å². The van der Waals surface area contributed by atoms with Gasteiger partial charge in [0, 0.05) is 10.0 Å². The molecule has 0 aromatic heterocycles. The van der Waals surface area contributed by atoms with E-state index in [-0.39, 0.29) is 5.91 Å². The number of halogens is 1.